The molecular formula is C8H14O. The van der Waals surface area contributed by atoms with Crippen LogP contribution in [-0.2, 0) is 4.74 Å². The largest absolute Gasteiger partial charge is 0.379 e. The molecule has 0 saturated carbocycles. The average Bonchev–Trinajstić information content (AvgIpc) is 1.94. The van der Waals surface area contributed by atoms with Gasteiger partial charge in [-0.15, -0.1) is 12.8 Å². The Hall–Kier alpha value is -0.480. The third-order valence-electron chi connectivity index (χ3n) is 1.41. The van der Waals surface area contributed by atoms with Crippen LogP contribution in [0.1, 0.15) is 26.2 Å². The highest BCUT2D eigenvalue weighted by Gasteiger charge is 2.05. The van der Waals surface area contributed by atoms with E-state index in [-0.39, 0.29) is 0 Å². The first-order valence-electron chi connectivity index (χ1n) is 3.34. The first-order valence-corrected chi connectivity index (χ1v) is 3.34. The van der Waals surface area contributed by atoms with Crippen LogP contribution in [0.3, 0.4) is 0 Å². The topological polar surface area (TPSA) is 9.23 Å². The fourth-order valence-corrected chi connectivity index (χ4v) is 0.902. The van der Waals surface area contributed by atoms with Gasteiger partial charge in [-0.2, -0.15) is 0 Å². The third kappa shape index (κ3) is 4.05. The van der Waals surface area contributed by atoms with Gasteiger partial charge < -0.3 is 4.74 Å². The summed E-state index contributed by atoms with van der Waals surface area (Å²) in [7, 11) is 0. The van der Waals surface area contributed by atoms with Crippen molar-refractivity contribution in [2.45, 2.75) is 32.3 Å². The van der Waals surface area contributed by atoms with Gasteiger partial charge >= 0.3 is 0 Å². The van der Waals surface area contributed by atoms with Crippen molar-refractivity contribution >= 4 is 0 Å². The molecule has 0 radical (unpaired) electrons. The molecule has 1 saturated heterocycles. The standard InChI is InChI=1S/C6H12O.C2H2/c1-6-4-2-3-5-7-6;1-2/h6H,2-5H2,1H3;1-2H. The molecule has 1 fully saturated rings. The maximum Gasteiger partial charge on any atom is 0.0547 e. The lowest BCUT2D eigenvalue weighted by molar-refractivity contribution is 0.0285. The number of terminal acetylenes is 1. The third-order valence-corrected chi connectivity index (χ3v) is 1.41. The predicted octanol–water partition coefficient (Wildman–Crippen LogP) is 1.82. The molecule has 0 spiro atoms. The summed E-state index contributed by atoms with van der Waals surface area (Å²) >= 11 is 0. The van der Waals surface area contributed by atoms with Crippen molar-refractivity contribution in [1.82, 2.24) is 0 Å². The van der Waals surface area contributed by atoms with Gasteiger partial charge in [0.05, 0.1) is 6.10 Å². The first kappa shape index (κ1) is 8.52. The number of ether oxygens (including phenoxy) is 1. The van der Waals surface area contributed by atoms with Gasteiger partial charge in [-0.25, -0.2) is 0 Å². The lowest BCUT2D eigenvalue weighted by Gasteiger charge is -2.17. The molecule has 1 aliphatic rings. The van der Waals surface area contributed by atoms with Crippen LogP contribution in [0.2, 0.25) is 0 Å². The molecule has 1 heteroatoms. The van der Waals surface area contributed by atoms with Crippen molar-refractivity contribution < 1.29 is 4.74 Å². The van der Waals surface area contributed by atoms with E-state index in [1.54, 1.807) is 0 Å². The normalized spacial score (nSPS) is 25.9. The van der Waals surface area contributed by atoms with Gasteiger partial charge in [-0.1, -0.05) is 0 Å². The molecule has 1 nitrogen and oxygen atoms in total. The van der Waals surface area contributed by atoms with Crippen molar-refractivity contribution in [2.75, 3.05) is 6.61 Å². The van der Waals surface area contributed by atoms with E-state index >= 15 is 0 Å². The Morgan fingerprint density at radius 3 is 2.22 bits per heavy atom. The van der Waals surface area contributed by atoms with Crippen LogP contribution in [-0.4, -0.2) is 12.7 Å². The van der Waals surface area contributed by atoms with Crippen LogP contribution in [0.25, 0.3) is 0 Å². The molecule has 1 aliphatic heterocycles. The summed E-state index contributed by atoms with van der Waals surface area (Å²) in [6.45, 7) is 3.13. The van der Waals surface area contributed by atoms with Crippen LogP contribution in [0.15, 0.2) is 0 Å². The smallest absolute Gasteiger partial charge is 0.0547 e. The van der Waals surface area contributed by atoms with Gasteiger partial charge in [-0.3, -0.25) is 0 Å². The molecule has 0 aromatic carbocycles. The van der Waals surface area contributed by atoms with Gasteiger partial charge in [-0.05, 0) is 26.2 Å². The molecule has 52 valence electrons. The summed E-state index contributed by atoms with van der Waals surface area (Å²) in [6.07, 6.45) is 12.4. The van der Waals surface area contributed by atoms with Gasteiger partial charge in [0.25, 0.3) is 0 Å². The van der Waals surface area contributed by atoms with Crippen LogP contribution >= 0.6 is 0 Å². The van der Waals surface area contributed by atoms with E-state index in [0.717, 1.165) is 6.61 Å². The van der Waals surface area contributed by atoms with E-state index in [2.05, 4.69) is 19.8 Å². The predicted molar refractivity (Wildman–Crippen MR) is 39.2 cm³/mol. The molecule has 0 aromatic rings. The molecule has 0 N–H and O–H groups in total. The Bertz CT molecular complexity index is 69.9. The maximum atomic E-state index is 5.28. The second-order valence-corrected chi connectivity index (χ2v) is 2.18. The minimum Gasteiger partial charge on any atom is -0.379 e. The summed E-state index contributed by atoms with van der Waals surface area (Å²) < 4.78 is 5.28. The number of hydrogen-bond acceptors (Lipinski definition) is 1. The molecule has 1 atom stereocenters. The Labute approximate surface area is 57.4 Å². The number of hydrogen-bond donors (Lipinski definition) is 0. The Kier molecular flexibility index (Phi) is 5.35. The van der Waals surface area contributed by atoms with E-state index in [1.807, 2.05) is 0 Å². The Balaban J connectivity index is 0.000000291. The van der Waals surface area contributed by atoms with E-state index in [0.29, 0.717) is 6.10 Å². The summed E-state index contributed by atoms with van der Waals surface area (Å²) in [5, 5.41) is 0. The molecule has 0 bridgehead atoms. The maximum absolute atomic E-state index is 5.28. The van der Waals surface area contributed by atoms with Crippen molar-refractivity contribution in [2.24, 2.45) is 0 Å². The average molecular weight is 126 g/mol. The second-order valence-electron chi connectivity index (χ2n) is 2.18. The molecule has 0 aromatic heterocycles. The van der Waals surface area contributed by atoms with Crippen molar-refractivity contribution in [3.05, 3.63) is 0 Å². The zero-order valence-electron chi connectivity index (χ0n) is 5.97. The van der Waals surface area contributed by atoms with Crippen LogP contribution in [0, 0.1) is 12.8 Å². The summed E-state index contributed by atoms with van der Waals surface area (Å²) in [5.74, 6) is 0. The minimum absolute atomic E-state index is 0.536. The van der Waals surface area contributed by atoms with Gasteiger partial charge in [0.1, 0.15) is 0 Å². The molecule has 0 amide bonds. The highest BCUT2D eigenvalue weighted by atomic mass is 16.5. The van der Waals surface area contributed by atoms with Crippen LogP contribution in [0.4, 0.5) is 0 Å². The minimum atomic E-state index is 0.536. The summed E-state index contributed by atoms with van der Waals surface area (Å²) in [4.78, 5) is 0. The van der Waals surface area contributed by atoms with E-state index in [4.69, 9.17) is 4.74 Å². The van der Waals surface area contributed by atoms with Gasteiger partial charge in [0, 0.05) is 6.61 Å². The zero-order chi connectivity index (χ0) is 7.11. The summed E-state index contributed by atoms with van der Waals surface area (Å²) in [6, 6.07) is 0. The fraction of sp³-hybridized carbons (Fsp3) is 0.750. The monoisotopic (exact) mass is 126 g/mol. The van der Waals surface area contributed by atoms with Crippen LogP contribution < -0.4 is 0 Å². The van der Waals surface area contributed by atoms with Crippen LogP contribution in [0.5, 0.6) is 0 Å². The number of rotatable bonds is 0. The molecule has 1 rings (SSSR count). The van der Waals surface area contributed by atoms with E-state index in [1.165, 1.54) is 19.3 Å². The van der Waals surface area contributed by atoms with Crippen molar-refractivity contribution in [3.8, 4) is 12.8 Å². The SMILES string of the molecule is C#C.CC1CCCCO1. The lowest BCUT2D eigenvalue weighted by Crippen LogP contribution is -2.14. The van der Waals surface area contributed by atoms with Gasteiger partial charge in [0.2, 0.25) is 0 Å². The Morgan fingerprint density at radius 2 is 2.00 bits per heavy atom. The molecule has 0 aliphatic carbocycles. The van der Waals surface area contributed by atoms with E-state index < -0.39 is 0 Å². The van der Waals surface area contributed by atoms with E-state index in [9.17, 15) is 0 Å². The Morgan fingerprint density at radius 1 is 1.33 bits per heavy atom. The zero-order valence-corrected chi connectivity index (χ0v) is 5.97. The highest BCUT2D eigenvalue weighted by molar-refractivity contribution is 4.55. The molecule has 1 unspecified atom stereocenters. The summed E-state index contributed by atoms with van der Waals surface area (Å²) in [5.41, 5.74) is 0. The van der Waals surface area contributed by atoms with Crippen molar-refractivity contribution in [3.63, 3.8) is 0 Å². The van der Waals surface area contributed by atoms with Crippen molar-refractivity contribution in [1.29, 1.82) is 0 Å². The fourth-order valence-electron chi connectivity index (χ4n) is 0.902. The lowest BCUT2D eigenvalue weighted by atomic mass is 10.1. The quantitative estimate of drug-likeness (QED) is 0.450. The highest BCUT2D eigenvalue weighted by Crippen LogP contribution is 2.10. The second kappa shape index (κ2) is 5.65. The molecular weight excluding hydrogens is 112 g/mol. The van der Waals surface area contributed by atoms with Gasteiger partial charge in [0.15, 0.2) is 0 Å². The first-order chi connectivity index (χ1) is 4.39. The molecule has 9 heavy (non-hydrogen) atoms. The molecule has 1 heterocycles.